The second kappa shape index (κ2) is 4.06. The average molecular weight is 254 g/mol. The topological polar surface area (TPSA) is 87.5 Å². The molecule has 6 nitrogen and oxygen atoms in total. The molecular formula is C9H11BN2O4S. The predicted octanol–water partition coefficient (Wildman–Crippen LogP) is -0.959. The SMILES string of the molecule is [B]C1OC(n2ccc(=S)[nH]c2=O)C(C)(O)C1O. The Balaban J connectivity index is 2.48. The lowest BCUT2D eigenvalue weighted by Gasteiger charge is -2.27. The Hall–Kier alpha value is -0.955. The summed E-state index contributed by atoms with van der Waals surface area (Å²) in [4.78, 5) is 14.0. The van der Waals surface area contributed by atoms with Crippen LogP contribution in [0.25, 0.3) is 0 Å². The van der Waals surface area contributed by atoms with Gasteiger partial charge in [0.1, 0.15) is 24.2 Å². The molecule has 4 atom stereocenters. The molecule has 1 aliphatic heterocycles. The van der Waals surface area contributed by atoms with Gasteiger partial charge in [-0.05, 0) is 13.0 Å². The summed E-state index contributed by atoms with van der Waals surface area (Å²) in [6, 6.07) is 0.428. The molecule has 3 N–H and O–H groups in total. The zero-order valence-corrected chi connectivity index (χ0v) is 9.85. The number of aliphatic hydroxyl groups is 2. The van der Waals surface area contributed by atoms with Gasteiger partial charge < -0.3 is 14.9 Å². The van der Waals surface area contributed by atoms with Gasteiger partial charge in [-0.25, -0.2) is 4.79 Å². The van der Waals surface area contributed by atoms with Crippen LogP contribution in [0.3, 0.4) is 0 Å². The van der Waals surface area contributed by atoms with Crippen LogP contribution in [-0.4, -0.2) is 45.3 Å². The highest BCUT2D eigenvalue weighted by Crippen LogP contribution is 2.35. The molecule has 0 bridgehead atoms. The van der Waals surface area contributed by atoms with Gasteiger partial charge in [0.25, 0.3) is 0 Å². The maximum absolute atomic E-state index is 11.7. The van der Waals surface area contributed by atoms with Gasteiger partial charge in [0.15, 0.2) is 6.23 Å². The molecule has 0 spiro atoms. The van der Waals surface area contributed by atoms with Crippen LogP contribution in [0.5, 0.6) is 0 Å². The maximum Gasteiger partial charge on any atom is 0.328 e. The number of aromatic amines is 1. The Morgan fingerprint density at radius 1 is 1.71 bits per heavy atom. The van der Waals surface area contributed by atoms with E-state index in [-0.39, 0.29) is 4.64 Å². The number of hydrogen-bond acceptors (Lipinski definition) is 5. The van der Waals surface area contributed by atoms with Crippen molar-refractivity contribution in [1.82, 2.24) is 9.55 Å². The molecule has 90 valence electrons. The zero-order valence-electron chi connectivity index (χ0n) is 9.03. The van der Waals surface area contributed by atoms with Gasteiger partial charge in [-0.15, -0.1) is 0 Å². The zero-order chi connectivity index (χ0) is 12.8. The molecule has 1 aromatic rings. The Bertz CT molecular complexity index is 540. The average Bonchev–Trinajstić information content (AvgIpc) is 2.43. The largest absolute Gasteiger partial charge is 0.388 e. The van der Waals surface area contributed by atoms with Crippen molar-refractivity contribution in [3.63, 3.8) is 0 Å². The lowest BCUT2D eigenvalue weighted by molar-refractivity contribution is -0.0961. The summed E-state index contributed by atoms with van der Waals surface area (Å²) in [6.45, 7) is 1.35. The third kappa shape index (κ3) is 1.97. The fourth-order valence-corrected chi connectivity index (χ4v) is 1.95. The molecule has 8 heteroatoms. The van der Waals surface area contributed by atoms with E-state index in [1.807, 2.05) is 0 Å². The Labute approximate surface area is 103 Å². The molecule has 1 saturated heterocycles. The number of aromatic nitrogens is 2. The number of nitrogens with one attached hydrogen (secondary N) is 1. The van der Waals surface area contributed by atoms with E-state index in [2.05, 4.69) is 4.98 Å². The number of rotatable bonds is 1. The van der Waals surface area contributed by atoms with Crippen LogP contribution in [0.1, 0.15) is 13.2 Å². The van der Waals surface area contributed by atoms with Gasteiger partial charge in [0, 0.05) is 12.2 Å². The van der Waals surface area contributed by atoms with Crippen LogP contribution in [0.15, 0.2) is 17.1 Å². The van der Waals surface area contributed by atoms with E-state index in [1.54, 1.807) is 0 Å². The minimum absolute atomic E-state index is 0.272. The van der Waals surface area contributed by atoms with E-state index in [1.165, 1.54) is 19.2 Å². The van der Waals surface area contributed by atoms with Crippen molar-refractivity contribution < 1.29 is 14.9 Å². The first-order chi connectivity index (χ1) is 7.84. The van der Waals surface area contributed by atoms with Crippen LogP contribution in [-0.2, 0) is 4.74 Å². The van der Waals surface area contributed by atoms with Gasteiger partial charge in [-0.2, -0.15) is 0 Å². The Morgan fingerprint density at radius 2 is 2.35 bits per heavy atom. The number of ether oxygens (including phenoxy) is 1. The van der Waals surface area contributed by atoms with E-state index < -0.39 is 29.6 Å². The Morgan fingerprint density at radius 3 is 2.82 bits per heavy atom. The number of aliphatic hydroxyl groups excluding tert-OH is 1. The number of H-pyrrole nitrogens is 1. The van der Waals surface area contributed by atoms with Crippen molar-refractivity contribution in [2.75, 3.05) is 0 Å². The van der Waals surface area contributed by atoms with E-state index in [0.29, 0.717) is 0 Å². The van der Waals surface area contributed by atoms with Crippen molar-refractivity contribution in [2.45, 2.75) is 30.9 Å². The van der Waals surface area contributed by atoms with Crippen molar-refractivity contribution in [1.29, 1.82) is 0 Å². The lowest BCUT2D eigenvalue weighted by Crippen LogP contribution is -2.45. The molecule has 4 unspecified atom stereocenters. The molecule has 2 radical (unpaired) electrons. The first-order valence-corrected chi connectivity index (χ1v) is 5.38. The summed E-state index contributed by atoms with van der Waals surface area (Å²) in [5.74, 6) is 0. The molecule has 0 saturated carbocycles. The highest BCUT2D eigenvalue weighted by Gasteiger charge is 2.51. The summed E-state index contributed by atoms with van der Waals surface area (Å²) < 4.78 is 6.56. The minimum atomic E-state index is -1.65. The number of hydrogen-bond donors (Lipinski definition) is 3. The first kappa shape index (κ1) is 12.5. The summed E-state index contributed by atoms with van der Waals surface area (Å²) in [7, 11) is 5.48. The van der Waals surface area contributed by atoms with Gasteiger partial charge in [-0.3, -0.25) is 9.55 Å². The molecule has 0 aliphatic carbocycles. The van der Waals surface area contributed by atoms with Gasteiger partial charge in [-0.1, -0.05) is 12.2 Å². The van der Waals surface area contributed by atoms with Crippen molar-refractivity contribution in [3.8, 4) is 0 Å². The monoisotopic (exact) mass is 254 g/mol. The lowest BCUT2D eigenvalue weighted by atomic mass is 9.87. The molecule has 1 aromatic heterocycles. The Kier molecular flexibility index (Phi) is 2.98. The molecule has 2 heterocycles. The summed E-state index contributed by atoms with van der Waals surface area (Å²) in [5, 5.41) is 19.7. The second-order valence-electron chi connectivity index (χ2n) is 4.14. The minimum Gasteiger partial charge on any atom is -0.388 e. The van der Waals surface area contributed by atoms with Crippen molar-refractivity contribution in [2.24, 2.45) is 0 Å². The van der Waals surface area contributed by atoms with Gasteiger partial charge >= 0.3 is 5.69 Å². The standard InChI is InChI=1S/C9H11BN2O4S/c1-9(15)5(13)6(10)16-7(9)12-3-2-4(17)11-8(12)14/h2-3,5-7,13,15H,1H3,(H,11,14,17). The molecule has 2 rings (SSSR count). The van der Waals surface area contributed by atoms with Crippen molar-refractivity contribution in [3.05, 3.63) is 27.4 Å². The molecule has 1 aliphatic rings. The predicted molar refractivity (Wildman–Crippen MR) is 62.2 cm³/mol. The van der Waals surface area contributed by atoms with E-state index in [0.717, 1.165) is 4.57 Å². The highest BCUT2D eigenvalue weighted by atomic mass is 32.1. The summed E-state index contributed by atoms with van der Waals surface area (Å²) in [5.41, 5.74) is -2.19. The van der Waals surface area contributed by atoms with E-state index >= 15 is 0 Å². The third-order valence-electron chi connectivity index (χ3n) is 2.80. The van der Waals surface area contributed by atoms with E-state index in [4.69, 9.17) is 24.8 Å². The second-order valence-corrected chi connectivity index (χ2v) is 4.58. The molecule has 0 aromatic carbocycles. The van der Waals surface area contributed by atoms with Crippen LogP contribution in [0.4, 0.5) is 0 Å². The molecule has 17 heavy (non-hydrogen) atoms. The fraction of sp³-hybridized carbons (Fsp3) is 0.556. The van der Waals surface area contributed by atoms with E-state index in [9.17, 15) is 15.0 Å². The smallest absolute Gasteiger partial charge is 0.328 e. The highest BCUT2D eigenvalue weighted by molar-refractivity contribution is 7.71. The normalized spacial score (nSPS) is 37.2. The van der Waals surface area contributed by atoms with Crippen LogP contribution >= 0.6 is 12.2 Å². The molecule has 0 amide bonds. The number of nitrogens with zero attached hydrogens (tertiary/aromatic N) is 1. The van der Waals surface area contributed by atoms with Crippen LogP contribution in [0.2, 0.25) is 0 Å². The fourth-order valence-electron chi connectivity index (χ4n) is 1.80. The van der Waals surface area contributed by atoms with Gasteiger partial charge in [0.05, 0.1) is 0 Å². The molecular weight excluding hydrogens is 243 g/mol. The summed E-state index contributed by atoms with van der Waals surface area (Å²) in [6.07, 6.45) is -0.958. The van der Waals surface area contributed by atoms with Crippen LogP contribution in [0, 0.1) is 4.64 Å². The van der Waals surface area contributed by atoms with Gasteiger partial charge in [0.2, 0.25) is 0 Å². The first-order valence-electron chi connectivity index (χ1n) is 4.97. The third-order valence-corrected chi connectivity index (χ3v) is 3.04. The quantitative estimate of drug-likeness (QED) is 0.444. The van der Waals surface area contributed by atoms with Crippen LogP contribution < -0.4 is 5.69 Å². The molecule has 1 fully saturated rings. The van der Waals surface area contributed by atoms with Crippen molar-refractivity contribution >= 4 is 20.1 Å². The maximum atomic E-state index is 11.7. The summed E-state index contributed by atoms with van der Waals surface area (Å²) >= 11 is 4.79.